The van der Waals surface area contributed by atoms with E-state index in [1.54, 1.807) is 6.07 Å². The minimum atomic E-state index is -1.66. The third-order valence-electron chi connectivity index (χ3n) is 10.5. The Morgan fingerprint density at radius 3 is 2.44 bits per heavy atom. The predicted molar refractivity (Wildman–Crippen MR) is 124 cm³/mol. The number of esters is 1. The van der Waals surface area contributed by atoms with Gasteiger partial charge in [-0.2, -0.15) is 0 Å². The van der Waals surface area contributed by atoms with E-state index < -0.39 is 29.0 Å². The summed E-state index contributed by atoms with van der Waals surface area (Å²) in [5.74, 6) is -0.354. The molecule has 2 saturated heterocycles. The van der Waals surface area contributed by atoms with E-state index in [0.717, 1.165) is 49.7 Å². The highest BCUT2D eigenvalue weighted by molar-refractivity contribution is 5.81. The van der Waals surface area contributed by atoms with Crippen LogP contribution in [0.4, 0.5) is 4.39 Å². The van der Waals surface area contributed by atoms with Crippen molar-refractivity contribution in [3.05, 3.63) is 23.3 Å². The van der Waals surface area contributed by atoms with E-state index in [1.807, 2.05) is 11.0 Å². The molecule has 0 radical (unpaired) electrons. The van der Waals surface area contributed by atoms with Gasteiger partial charge in [0.15, 0.2) is 17.6 Å². The molecule has 0 N–H and O–H groups in total. The number of hydrogen-bond acceptors (Lipinski definition) is 6. The zero-order chi connectivity index (χ0) is 24.3. The molecule has 3 saturated carbocycles. The number of carbonyl (C=O) groups is 2. The average molecular weight is 498 g/mol. The number of amides is 1. The van der Waals surface area contributed by atoms with Crippen LogP contribution in [0.5, 0.6) is 11.5 Å². The molecule has 8 rings (SSSR count). The van der Waals surface area contributed by atoms with E-state index in [0.29, 0.717) is 50.5 Å². The predicted octanol–water partition coefficient (Wildman–Crippen LogP) is 3.59. The molecule has 4 aliphatic carbocycles. The van der Waals surface area contributed by atoms with Gasteiger partial charge in [-0.25, -0.2) is 4.39 Å². The van der Waals surface area contributed by atoms with E-state index in [2.05, 4.69) is 0 Å². The molecule has 1 aromatic rings. The van der Waals surface area contributed by atoms with Gasteiger partial charge in [-0.05, 0) is 56.6 Å². The Balaban J connectivity index is 1.27. The van der Waals surface area contributed by atoms with E-state index in [4.69, 9.17) is 18.9 Å². The van der Waals surface area contributed by atoms with E-state index in [9.17, 15) is 9.59 Å². The zero-order valence-corrected chi connectivity index (χ0v) is 20.4. The van der Waals surface area contributed by atoms with Gasteiger partial charge in [-0.15, -0.1) is 0 Å². The lowest BCUT2D eigenvalue weighted by Crippen LogP contribution is -2.78. The number of ether oxygens (including phenoxy) is 4. The molecule has 3 heterocycles. The average Bonchev–Trinajstić information content (AvgIpc) is 3.38. The van der Waals surface area contributed by atoms with Gasteiger partial charge in [0.1, 0.15) is 5.67 Å². The van der Waals surface area contributed by atoms with Crippen LogP contribution in [0.2, 0.25) is 0 Å². The Morgan fingerprint density at radius 1 is 1.00 bits per heavy atom. The minimum absolute atomic E-state index is 0.0277. The Kier molecular flexibility index (Phi) is 4.38. The van der Waals surface area contributed by atoms with Gasteiger partial charge in [0.05, 0.1) is 30.6 Å². The fourth-order valence-corrected chi connectivity index (χ4v) is 8.27. The molecule has 0 aromatic heterocycles. The number of rotatable bonds is 3. The third kappa shape index (κ3) is 2.50. The lowest BCUT2D eigenvalue weighted by Gasteiger charge is -2.64. The van der Waals surface area contributed by atoms with Crippen LogP contribution in [0.25, 0.3) is 0 Å². The number of nitrogens with zero attached hydrogens (tertiary/aromatic N) is 1. The largest absolute Gasteiger partial charge is 0.479 e. The maximum atomic E-state index is 17.8. The van der Waals surface area contributed by atoms with Gasteiger partial charge in [0.25, 0.3) is 0 Å². The Bertz CT molecular complexity index is 1160. The molecule has 7 aliphatic rings. The first-order chi connectivity index (χ1) is 17.5. The van der Waals surface area contributed by atoms with Crippen molar-refractivity contribution in [2.24, 2.45) is 11.8 Å². The summed E-state index contributed by atoms with van der Waals surface area (Å²) in [5.41, 5.74) is -0.863. The van der Waals surface area contributed by atoms with Crippen LogP contribution in [-0.2, 0) is 30.9 Å². The minimum Gasteiger partial charge on any atom is -0.479 e. The van der Waals surface area contributed by atoms with Gasteiger partial charge >= 0.3 is 5.97 Å². The standard InChI is InChI=1S/C28H32FNO6/c29-27-9-10-28(33-13-14-34-28)25-26(27)11-12-30(23(31)16-3-1-4-16)20(27)15-18-7-8-19(22(36-25)21(18)26)35-24(32)17-5-2-6-17/h7-8,16-17,20,25H,1-6,9-15H2/t20-,25?,26+,27-/m1/s1. The van der Waals surface area contributed by atoms with Crippen molar-refractivity contribution in [3.63, 3.8) is 0 Å². The van der Waals surface area contributed by atoms with E-state index in [1.165, 1.54) is 0 Å². The molecule has 8 heteroatoms. The molecule has 5 fully saturated rings. The van der Waals surface area contributed by atoms with Crippen LogP contribution in [0.1, 0.15) is 68.9 Å². The van der Waals surface area contributed by atoms with Crippen molar-refractivity contribution in [1.82, 2.24) is 4.90 Å². The summed E-state index contributed by atoms with van der Waals surface area (Å²) in [6.45, 7) is 1.38. The summed E-state index contributed by atoms with van der Waals surface area (Å²) in [5, 5.41) is 0. The van der Waals surface area contributed by atoms with Crippen molar-refractivity contribution < 1.29 is 32.9 Å². The summed E-state index contributed by atoms with van der Waals surface area (Å²) in [6, 6.07) is 3.21. The first kappa shape index (κ1) is 21.9. The van der Waals surface area contributed by atoms with Gasteiger partial charge in [0, 0.05) is 24.4 Å². The van der Waals surface area contributed by atoms with Crippen molar-refractivity contribution in [1.29, 1.82) is 0 Å². The van der Waals surface area contributed by atoms with Gasteiger partial charge in [-0.1, -0.05) is 18.9 Å². The van der Waals surface area contributed by atoms with Crippen LogP contribution in [0.15, 0.2) is 12.1 Å². The lowest BCUT2D eigenvalue weighted by atomic mass is 9.49. The monoisotopic (exact) mass is 497 g/mol. The molecule has 1 amide bonds. The highest BCUT2D eigenvalue weighted by Crippen LogP contribution is 2.69. The smallest absolute Gasteiger partial charge is 0.314 e. The first-order valence-electron chi connectivity index (χ1n) is 13.8. The molecule has 1 aromatic carbocycles. The molecule has 7 nitrogen and oxygen atoms in total. The second kappa shape index (κ2) is 7.22. The van der Waals surface area contributed by atoms with Crippen LogP contribution < -0.4 is 9.47 Å². The van der Waals surface area contributed by atoms with Crippen molar-refractivity contribution >= 4 is 11.9 Å². The third-order valence-corrected chi connectivity index (χ3v) is 10.5. The van der Waals surface area contributed by atoms with Crippen molar-refractivity contribution in [3.8, 4) is 11.5 Å². The van der Waals surface area contributed by atoms with Gasteiger partial charge < -0.3 is 23.8 Å². The van der Waals surface area contributed by atoms with Gasteiger partial charge in [-0.3, -0.25) is 9.59 Å². The molecule has 3 aliphatic heterocycles. The maximum absolute atomic E-state index is 17.8. The number of benzene rings is 1. The summed E-state index contributed by atoms with van der Waals surface area (Å²) in [4.78, 5) is 28.1. The highest BCUT2D eigenvalue weighted by Gasteiger charge is 2.79. The van der Waals surface area contributed by atoms with Crippen LogP contribution in [-0.4, -0.2) is 60.1 Å². The lowest BCUT2D eigenvalue weighted by molar-refractivity contribution is -0.281. The number of hydrogen-bond donors (Lipinski definition) is 0. The molecule has 4 atom stereocenters. The molecule has 1 unspecified atom stereocenters. The molecular weight excluding hydrogens is 465 g/mol. The maximum Gasteiger partial charge on any atom is 0.314 e. The van der Waals surface area contributed by atoms with Crippen molar-refractivity contribution in [2.45, 2.75) is 93.2 Å². The zero-order valence-electron chi connectivity index (χ0n) is 20.4. The Morgan fingerprint density at radius 2 is 1.75 bits per heavy atom. The topological polar surface area (TPSA) is 74.3 Å². The number of piperidine rings is 1. The summed E-state index contributed by atoms with van der Waals surface area (Å²) < 4.78 is 42.7. The number of carbonyl (C=O) groups excluding carboxylic acids is 2. The normalized spacial score (nSPS) is 37.6. The fourth-order valence-electron chi connectivity index (χ4n) is 8.27. The van der Waals surface area contributed by atoms with Crippen LogP contribution >= 0.6 is 0 Å². The van der Waals surface area contributed by atoms with Crippen molar-refractivity contribution in [2.75, 3.05) is 19.8 Å². The molecule has 2 bridgehead atoms. The summed E-state index contributed by atoms with van der Waals surface area (Å²) in [7, 11) is 0. The quantitative estimate of drug-likeness (QED) is 0.470. The summed E-state index contributed by atoms with van der Waals surface area (Å²) in [6.07, 6.45) is 6.42. The Hall–Kier alpha value is -2.19. The summed E-state index contributed by atoms with van der Waals surface area (Å²) >= 11 is 0. The first-order valence-corrected chi connectivity index (χ1v) is 13.8. The number of alkyl halides is 1. The second-order valence-electron chi connectivity index (χ2n) is 11.9. The molecular formula is C28H32FNO6. The molecule has 36 heavy (non-hydrogen) atoms. The second-order valence-corrected chi connectivity index (χ2v) is 11.9. The molecule has 192 valence electrons. The van der Waals surface area contributed by atoms with Crippen LogP contribution in [0, 0.1) is 11.8 Å². The van der Waals surface area contributed by atoms with E-state index in [-0.39, 0.29) is 30.1 Å². The SMILES string of the molecule is O=C(Oc1ccc2c3c1OC1C4(CC[C@@]5(F)[C@@H](C2)N(C(=O)C2CCC2)CC[C@]315)OCCO4)C1CCC1. The Labute approximate surface area is 209 Å². The molecule has 2 spiro atoms. The fraction of sp³-hybridized carbons (Fsp3) is 0.714. The number of fused-ring (bicyclic) bond motifs is 1. The number of halogens is 1. The van der Waals surface area contributed by atoms with Gasteiger partial charge in [0.2, 0.25) is 11.7 Å². The van der Waals surface area contributed by atoms with E-state index >= 15 is 4.39 Å². The van der Waals surface area contributed by atoms with Crippen LogP contribution in [0.3, 0.4) is 0 Å². The number of likely N-dealkylation sites (tertiary alicyclic amines) is 1. The highest BCUT2D eigenvalue weighted by atomic mass is 19.1.